The summed E-state index contributed by atoms with van der Waals surface area (Å²) in [5.74, 6) is 0.188. The van der Waals surface area contributed by atoms with Crippen LogP contribution >= 0.6 is 0 Å². The zero-order valence-corrected chi connectivity index (χ0v) is 12.1. The van der Waals surface area contributed by atoms with Crippen LogP contribution in [0.4, 0.5) is 5.69 Å². The molecular weight excluding hydrogens is 244 g/mol. The van der Waals surface area contributed by atoms with Crippen molar-refractivity contribution in [2.75, 3.05) is 0 Å². The van der Waals surface area contributed by atoms with Gasteiger partial charge < -0.3 is 10.8 Å². The fraction of sp³-hybridized carbons (Fsp3) is 0.571. The SMILES string of the molecule is CC.CC(C)CC(N)Cc1ccc(O)c([N+](=O)[O-])c1. The van der Waals surface area contributed by atoms with Crippen molar-refractivity contribution in [3.8, 4) is 5.75 Å². The van der Waals surface area contributed by atoms with Gasteiger partial charge in [-0.2, -0.15) is 0 Å². The van der Waals surface area contributed by atoms with Crippen LogP contribution in [0.5, 0.6) is 5.75 Å². The minimum atomic E-state index is -0.590. The molecule has 3 N–H and O–H groups in total. The van der Waals surface area contributed by atoms with Gasteiger partial charge in [-0.05, 0) is 30.4 Å². The Bertz CT molecular complexity index is 406. The van der Waals surface area contributed by atoms with Crippen LogP contribution in [0.15, 0.2) is 18.2 Å². The van der Waals surface area contributed by atoms with E-state index in [1.165, 1.54) is 12.1 Å². The normalized spacial score (nSPS) is 11.7. The number of nitro groups is 1. The van der Waals surface area contributed by atoms with Gasteiger partial charge in [-0.1, -0.05) is 33.8 Å². The average molecular weight is 268 g/mol. The lowest BCUT2D eigenvalue weighted by molar-refractivity contribution is -0.385. The highest BCUT2D eigenvalue weighted by Gasteiger charge is 2.15. The third-order valence-corrected chi connectivity index (χ3v) is 2.51. The number of nitrogens with zero attached hydrogens (tertiary/aromatic N) is 1. The first-order chi connectivity index (χ1) is 8.90. The van der Waals surface area contributed by atoms with Crippen molar-refractivity contribution in [1.82, 2.24) is 0 Å². The molecule has 1 aromatic rings. The number of phenols is 1. The molecule has 0 fully saturated rings. The van der Waals surface area contributed by atoms with Crippen LogP contribution < -0.4 is 5.73 Å². The van der Waals surface area contributed by atoms with Crippen molar-refractivity contribution >= 4 is 5.69 Å². The minimum absolute atomic E-state index is 0.0147. The Labute approximate surface area is 114 Å². The molecule has 0 spiro atoms. The molecule has 0 aliphatic heterocycles. The molecule has 1 atom stereocenters. The molecule has 0 aromatic heterocycles. The Morgan fingerprint density at radius 1 is 1.37 bits per heavy atom. The maximum Gasteiger partial charge on any atom is 0.310 e. The molecule has 0 amide bonds. The summed E-state index contributed by atoms with van der Waals surface area (Å²) < 4.78 is 0. The summed E-state index contributed by atoms with van der Waals surface area (Å²) in [6, 6.07) is 4.38. The van der Waals surface area contributed by atoms with Gasteiger partial charge in [0, 0.05) is 12.1 Å². The molecule has 0 radical (unpaired) electrons. The summed E-state index contributed by atoms with van der Waals surface area (Å²) in [6.07, 6.45) is 1.45. The molecule has 0 saturated carbocycles. The van der Waals surface area contributed by atoms with Crippen LogP contribution in [0.25, 0.3) is 0 Å². The molecule has 1 unspecified atom stereocenters. The number of rotatable bonds is 5. The van der Waals surface area contributed by atoms with Crippen LogP contribution in [0.2, 0.25) is 0 Å². The molecule has 0 bridgehead atoms. The highest BCUT2D eigenvalue weighted by Crippen LogP contribution is 2.26. The van der Waals surface area contributed by atoms with Gasteiger partial charge in [-0.25, -0.2) is 0 Å². The van der Waals surface area contributed by atoms with E-state index in [0.717, 1.165) is 12.0 Å². The number of hydrogen-bond donors (Lipinski definition) is 2. The third kappa shape index (κ3) is 6.20. The molecule has 5 heteroatoms. The molecular formula is C14H24N2O3. The Morgan fingerprint density at radius 2 is 1.95 bits per heavy atom. The van der Waals surface area contributed by atoms with Gasteiger partial charge in [-0.15, -0.1) is 0 Å². The van der Waals surface area contributed by atoms with Crippen LogP contribution in [-0.2, 0) is 6.42 Å². The summed E-state index contributed by atoms with van der Waals surface area (Å²) in [5.41, 5.74) is 6.45. The van der Waals surface area contributed by atoms with Gasteiger partial charge in [0.1, 0.15) is 0 Å². The lowest BCUT2D eigenvalue weighted by Crippen LogP contribution is -2.24. The van der Waals surface area contributed by atoms with E-state index in [1.807, 2.05) is 13.8 Å². The zero-order valence-electron chi connectivity index (χ0n) is 12.1. The van der Waals surface area contributed by atoms with Gasteiger partial charge in [-0.3, -0.25) is 10.1 Å². The predicted molar refractivity (Wildman–Crippen MR) is 77.2 cm³/mol. The van der Waals surface area contributed by atoms with Crippen LogP contribution in [0.3, 0.4) is 0 Å². The van der Waals surface area contributed by atoms with Gasteiger partial charge >= 0.3 is 5.69 Å². The molecule has 1 aromatic carbocycles. The van der Waals surface area contributed by atoms with Gasteiger partial charge in [0.2, 0.25) is 0 Å². The monoisotopic (exact) mass is 268 g/mol. The van der Waals surface area contributed by atoms with Crippen molar-refractivity contribution in [2.24, 2.45) is 11.7 Å². The summed E-state index contributed by atoms with van der Waals surface area (Å²) in [5, 5.41) is 20.0. The molecule has 0 saturated heterocycles. The van der Waals surface area contributed by atoms with Gasteiger partial charge in [0.05, 0.1) is 4.92 Å². The summed E-state index contributed by atoms with van der Waals surface area (Å²) >= 11 is 0. The van der Waals surface area contributed by atoms with E-state index in [9.17, 15) is 15.2 Å². The highest BCUT2D eigenvalue weighted by molar-refractivity contribution is 5.47. The third-order valence-electron chi connectivity index (χ3n) is 2.51. The number of phenolic OH excluding ortho intramolecular Hbond substituents is 1. The van der Waals surface area contributed by atoms with Crippen molar-refractivity contribution in [3.63, 3.8) is 0 Å². The maximum atomic E-state index is 10.7. The topological polar surface area (TPSA) is 89.4 Å². The highest BCUT2D eigenvalue weighted by atomic mass is 16.6. The Balaban J connectivity index is 0.00000154. The molecule has 0 heterocycles. The van der Waals surface area contributed by atoms with Crippen molar-refractivity contribution in [3.05, 3.63) is 33.9 Å². The van der Waals surface area contributed by atoms with Crippen molar-refractivity contribution in [2.45, 2.75) is 46.6 Å². The lowest BCUT2D eigenvalue weighted by atomic mass is 9.98. The second kappa shape index (κ2) is 8.48. The van der Waals surface area contributed by atoms with E-state index >= 15 is 0 Å². The van der Waals surface area contributed by atoms with E-state index in [1.54, 1.807) is 6.07 Å². The van der Waals surface area contributed by atoms with E-state index in [2.05, 4.69) is 13.8 Å². The first-order valence-corrected chi connectivity index (χ1v) is 6.62. The number of benzene rings is 1. The van der Waals surface area contributed by atoms with Crippen molar-refractivity contribution < 1.29 is 10.0 Å². The molecule has 108 valence electrons. The van der Waals surface area contributed by atoms with E-state index in [4.69, 9.17) is 5.73 Å². The van der Waals surface area contributed by atoms with E-state index in [-0.39, 0.29) is 17.5 Å². The summed E-state index contributed by atoms with van der Waals surface area (Å²) in [6.45, 7) is 8.16. The fourth-order valence-corrected chi connectivity index (χ4v) is 1.83. The van der Waals surface area contributed by atoms with E-state index < -0.39 is 4.92 Å². The lowest BCUT2D eigenvalue weighted by Gasteiger charge is -2.13. The zero-order chi connectivity index (χ0) is 15.0. The Hall–Kier alpha value is -1.62. The second-order valence-corrected chi connectivity index (χ2v) is 4.67. The molecule has 0 aliphatic carbocycles. The van der Waals surface area contributed by atoms with E-state index in [0.29, 0.717) is 12.3 Å². The molecule has 0 aliphatic rings. The van der Waals surface area contributed by atoms with Crippen LogP contribution in [0, 0.1) is 16.0 Å². The largest absolute Gasteiger partial charge is 0.502 e. The molecule has 5 nitrogen and oxygen atoms in total. The predicted octanol–water partition coefficient (Wildman–Crippen LogP) is 3.24. The fourth-order valence-electron chi connectivity index (χ4n) is 1.83. The maximum absolute atomic E-state index is 10.7. The Kier molecular flexibility index (Phi) is 7.75. The number of aromatic hydroxyl groups is 1. The van der Waals surface area contributed by atoms with Crippen LogP contribution in [0.1, 0.15) is 39.7 Å². The number of hydrogen-bond acceptors (Lipinski definition) is 4. The summed E-state index contributed by atoms with van der Waals surface area (Å²) in [7, 11) is 0. The van der Waals surface area contributed by atoms with Gasteiger partial charge in [0.15, 0.2) is 5.75 Å². The smallest absolute Gasteiger partial charge is 0.310 e. The standard InChI is InChI=1S/C12H18N2O3.C2H6/c1-8(2)5-10(13)6-9-3-4-12(15)11(7-9)14(16)17;1-2/h3-4,7-8,10,15H,5-6,13H2,1-2H3;1-2H3. The first-order valence-electron chi connectivity index (χ1n) is 6.62. The van der Waals surface area contributed by atoms with Crippen LogP contribution in [-0.4, -0.2) is 16.1 Å². The summed E-state index contributed by atoms with van der Waals surface area (Å²) in [4.78, 5) is 10.1. The van der Waals surface area contributed by atoms with Gasteiger partial charge in [0.25, 0.3) is 0 Å². The average Bonchev–Trinajstić information content (AvgIpc) is 2.32. The van der Waals surface area contributed by atoms with Crippen molar-refractivity contribution in [1.29, 1.82) is 0 Å². The number of nitro benzene ring substituents is 1. The first kappa shape index (κ1) is 17.4. The molecule has 1 rings (SSSR count). The molecule has 19 heavy (non-hydrogen) atoms. The number of nitrogens with two attached hydrogens (primary N) is 1. The quantitative estimate of drug-likeness (QED) is 0.633. The minimum Gasteiger partial charge on any atom is -0.502 e. The Morgan fingerprint density at radius 3 is 2.42 bits per heavy atom. The second-order valence-electron chi connectivity index (χ2n) is 4.67.